The normalized spacial score (nSPS) is 15.4. The number of nitrogens with one attached hydrogen (secondary N) is 1. The summed E-state index contributed by atoms with van der Waals surface area (Å²) in [7, 11) is 0. The highest BCUT2D eigenvalue weighted by molar-refractivity contribution is 5.27. The maximum atomic E-state index is 9.32. The van der Waals surface area contributed by atoms with Gasteiger partial charge in [0.05, 0.1) is 0 Å². The third kappa shape index (κ3) is 4.34. The molecule has 0 radical (unpaired) electrons. The van der Waals surface area contributed by atoms with Crippen LogP contribution in [0.15, 0.2) is 24.3 Å². The Morgan fingerprint density at radius 2 is 1.72 bits per heavy atom. The molecule has 0 bridgehead atoms. The van der Waals surface area contributed by atoms with Gasteiger partial charge in [0.15, 0.2) is 0 Å². The Morgan fingerprint density at radius 3 is 2.17 bits per heavy atom. The highest BCUT2D eigenvalue weighted by Crippen LogP contribution is 2.26. The van der Waals surface area contributed by atoms with E-state index in [1.165, 1.54) is 5.56 Å². The minimum Gasteiger partial charge on any atom is -0.508 e. The smallest absolute Gasteiger partial charge is 0.115 e. The molecule has 2 N–H and O–H groups in total. The predicted octanol–water partition coefficient (Wildman–Crippen LogP) is 4.12. The van der Waals surface area contributed by atoms with Crippen LogP contribution in [0.25, 0.3) is 0 Å². The van der Waals surface area contributed by atoms with Crippen LogP contribution < -0.4 is 5.32 Å². The number of aromatic hydroxyl groups is 1. The SMILES string of the molecule is CCC(NCC(C)C(C)(C)C)c1ccc(O)cc1. The molecule has 18 heavy (non-hydrogen) atoms. The fourth-order valence-electron chi connectivity index (χ4n) is 1.83. The maximum absolute atomic E-state index is 9.32. The van der Waals surface area contributed by atoms with Crippen molar-refractivity contribution >= 4 is 0 Å². The molecule has 1 aromatic carbocycles. The summed E-state index contributed by atoms with van der Waals surface area (Å²) in [6.07, 6.45) is 1.06. The second kappa shape index (κ2) is 6.24. The van der Waals surface area contributed by atoms with Crippen LogP contribution in [0.1, 0.15) is 52.6 Å². The van der Waals surface area contributed by atoms with Crippen LogP contribution in [-0.4, -0.2) is 11.7 Å². The Hall–Kier alpha value is -1.02. The van der Waals surface area contributed by atoms with E-state index in [9.17, 15) is 5.11 Å². The molecule has 1 rings (SSSR count). The van der Waals surface area contributed by atoms with Crippen LogP contribution in [0.2, 0.25) is 0 Å². The van der Waals surface area contributed by atoms with E-state index in [2.05, 4.69) is 39.9 Å². The highest BCUT2D eigenvalue weighted by Gasteiger charge is 2.20. The first-order chi connectivity index (χ1) is 8.34. The molecule has 0 saturated carbocycles. The molecule has 2 nitrogen and oxygen atoms in total. The number of hydrogen-bond donors (Lipinski definition) is 2. The first-order valence-electron chi connectivity index (χ1n) is 6.87. The summed E-state index contributed by atoms with van der Waals surface area (Å²) in [4.78, 5) is 0. The standard InChI is InChI=1S/C16H27NO/c1-6-15(13-7-9-14(18)10-8-13)17-11-12(2)16(3,4)5/h7-10,12,15,17-18H,6,11H2,1-5H3. The van der Waals surface area contributed by atoms with Crippen LogP contribution in [0.4, 0.5) is 0 Å². The lowest BCUT2D eigenvalue weighted by molar-refractivity contribution is 0.244. The van der Waals surface area contributed by atoms with Gasteiger partial charge in [0, 0.05) is 6.04 Å². The molecule has 0 aliphatic rings. The fraction of sp³-hybridized carbons (Fsp3) is 0.625. The average Bonchev–Trinajstić information content (AvgIpc) is 2.30. The number of phenolic OH excluding ortho intramolecular Hbond substituents is 1. The fourth-order valence-corrected chi connectivity index (χ4v) is 1.83. The van der Waals surface area contributed by atoms with Gasteiger partial charge in [-0.15, -0.1) is 0 Å². The topological polar surface area (TPSA) is 32.3 Å². The van der Waals surface area contributed by atoms with Gasteiger partial charge < -0.3 is 10.4 Å². The average molecular weight is 249 g/mol. The van der Waals surface area contributed by atoms with Gasteiger partial charge in [0.25, 0.3) is 0 Å². The summed E-state index contributed by atoms with van der Waals surface area (Å²) in [5.41, 5.74) is 1.58. The lowest BCUT2D eigenvalue weighted by Crippen LogP contribution is -2.32. The summed E-state index contributed by atoms with van der Waals surface area (Å²) >= 11 is 0. The first kappa shape index (κ1) is 15.0. The van der Waals surface area contributed by atoms with Gasteiger partial charge in [-0.05, 0) is 42.0 Å². The predicted molar refractivity (Wildman–Crippen MR) is 77.8 cm³/mol. The highest BCUT2D eigenvalue weighted by atomic mass is 16.3. The van der Waals surface area contributed by atoms with Crippen molar-refractivity contribution in [2.75, 3.05) is 6.54 Å². The molecular weight excluding hydrogens is 222 g/mol. The molecule has 2 unspecified atom stereocenters. The van der Waals surface area contributed by atoms with Crippen LogP contribution >= 0.6 is 0 Å². The van der Waals surface area contributed by atoms with Crippen molar-refractivity contribution in [3.63, 3.8) is 0 Å². The van der Waals surface area contributed by atoms with Crippen molar-refractivity contribution in [2.24, 2.45) is 11.3 Å². The Labute approximate surface area is 111 Å². The molecule has 0 heterocycles. The number of rotatable bonds is 5. The number of hydrogen-bond acceptors (Lipinski definition) is 2. The molecule has 2 heteroatoms. The van der Waals surface area contributed by atoms with Gasteiger partial charge in [-0.1, -0.05) is 46.8 Å². The molecule has 102 valence electrons. The van der Waals surface area contributed by atoms with Gasteiger partial charge in [0.2, 0.25) is 0 Å². The lowest BCUT2D eigenvalue weighted by atomic mass is 9.82. The summed E-state index contributed by atoms with van der Waals surface area (Å²) in [6, 6.07) is 7.88. The summed E-state index contributed by atoms with van der Waals surface area (Å²) in [6.45, 7) is 12.3. The molecule has 0 saturated heterocycles. The summed E-state index contributed by atoms with van der Waals surface area (Å²) in [5.74, 6) is 0.959. The Balaban J connectivity index is 2.60. The van der Waals surface area contributed by atoms with Crippen molar-refractivity contribution in [2.45, 2.75) is 47.1 Å². The van der Waals surface area contributed by atoms with Crippen LogP contribution in [-0.2, 0) is 0 Å². The van der Waals surface area contributed by atoms with Gasteiger partial charge in [-0.2, -0.15) is 0 Å². The van der Waals surface area contributed by atoms with E-state index in [0.29, 0.717) is 23.1 Å². The lowest BCUT2D eigenvalue weighted by Gasteiger charge is -2.29. The quantitative estimate of drug-likeness (QED) is 0.823. The maximum Gasteiger partial charge on any atom is 0.115 e. The Kier molecular flexibility index (Phi) is 5.21. The minimum absolute atomic E-state index is 0.330. The third-order valence-electron chi connectivity index (χ3n) is 3.85. The Bertz CT molecular complexity index is 350. The van der Waals surface area contributed by atoms with Crippen molar-refractivity contribution in [1.82, 2.24) is 5.32 Å². The molecule has 0 spiro atoms. The van der Waals surface area contributed by atoms with Crippen molar-refractivity contribution in [3.05, 3.63) is 29.8 Å². The van der Waals surface area contributed by atoms with E-state index in [4.69, 9.17) is 0 Å². The molecule has 0 amide bonds. The van der Waals surface area contributed by atoms with E-state index >= 15 is 0 Å². The van der Waals surface area contributed by atoms with Crippen molar-refractivity contribution < 1.29 is 5.11 Å². The molecular formula is C16H27NO. The molecule has 0 aliphatic carbocycles. The molecule has 0 aromatic heterocycles. The van der Waals surface area contributed by atoms with Crippen LogP contribution in [0, 0.1) is 11.3 Å². The van der Waals surface area contributed by atoms with E-state index in [-0.39, 0.29) is 0 Å². The zero-order valence-corrected chi connectivity index (χ0v) is 12.3. The van der Waals surface area contributed by atoms with E-state index in [1.807, 2.05) is 12.1 Å². The van der Waals surface area contributed by atoms with Crippen LogP contribution in [0.3, 0.4) is 0 Å². The first-order valence-corrected chi connectivity index (χ1v) is 6.87. The van der Waals surface area contributed by atoms with E-state index < -0.39 is 0 Å². The summed E-state index contributed by atoms with van der Waals surface area (Å²) in [5, 5.41) is 12.9. The minimum atomic E-state index is 0.330. The van der Waals surface area contributed by atoms with Crippen molar-refractivity contribution in [3.8, 4) is 5.75 Å². The summed E-state index contributed by atoms with van der Waals surface area (Å²) < 4.78 is 0. The second-order valence-corrected chi connectivity index (χ2v) is 6.23. The molecule has 0 fully saturated rings. The van der Waals surface area contributed by atoms with Crippen molar-refractivity contribution in [1.29, 1.82) is 0 Å². The number of benzene rings is 1. The molecule has 0 aliphatic heterocycles. The van der Waals surface area contributed by atoms with Gasteiger partial charge in [-0.25, -0.2) is 0 Å². The third-order valence-corrected chi connectivity index (χ3v) is 3.85. The zero-order chi connectivity index (χ0) is 13.8. The van der Waals surface area contributed by atoms with Gasteiger partial charge >= 0.3 is 0 Å². The largest absolute Gasteiger partial charge is 0.508 e. The second-order valence-electron chi connectivity index (χ2n) is 6.23. The monoisotopic (exact) mass is 249 g/mol. The van der Waals surface area contributed by atoms with E-state index in [0.717, 1.165) is 13.0 Å². The molecule has 2 atom stereocenters. The van der Waals surface area contributed by atoms with Gasteiger partial charge in [-0.3, -0.25) is 0 Å². The van der Waals surface area contributed by atoms with E-state index in [1.54, 1.807) is 12.1 Å². The molecule has 1 aromatic rings. The zero-order valence-electron chi connectivity index (χ0n) is 12.3. The van der Waals surface area contributed by atoms with Gasteiger partial charge in [0.1, 0.15) is 5.75 Å². The van der Waals surface area contributed by atoms with Crippen LogP contribution in [0.5, 0.6) is 5.75 Å². The Morgan fingerprint density at radius 1 is 1.17 bits per heavy atom. The number of phenols is 1.